The Morgan fingerprint density at radius 2 is 1.90 bits per heavy atom. The van der Waals surface area contributed by atoms with Crippen molar-refractivity contribution in [2.24, 2.45) is 11.8 Å². The summed E-state index contributed by atoms with van der Waals surface area (Å²) in [6, 6.07) is 12.9. The molecule has 3 amide bonds. The largest absolute Gasteiger partial charge is 0.455 e. The first kappa shape index (κ1) is 37.7. The summed E-state index contributed by atoms with van der Waals surface area (Å²) in [7, 11) is 1.68. The highest BCUT2D eigenvalue weighted by atomic mass is 79.9. The van der Waals surface area contributed by atoms with E-state index in [1.54, 1.807) is 36.2 Å². The van der Waals surface area contributed by atoms with Gasteiger partial charge in [-0.3, -0.25) is 19.2 Å². The molecule has 5 rings (SSSR count). The summed E-state index contributed by atoms with van der Waals surface area (Å²) < 4.78 is 13.0. The summed E-state index contributed by atoms with van der Waals surface area (Å²) in [6.07, 6.45) is 2.97. The first-order chi connectivity index (χ1) is 23.9. The maximum Gasteiger partial charge on any atom is 0.313 e. The Balaban J connectivity index is 1.53. The topological polar surface area (TPSA) is 117 Å². The van der Waals surface area contributed by atoms with Crippen LogP contribution in [-0.2, 0) is 28.7 Å². The third-order valence-corrected chi connectivity index (χ3v) is 11.4. The molecule has 12 heteroatoms. The molecule has 1 N–H and O–H groups in total. The molecule has 2 aromatic carbocycles. The van der Waals surface area contributed by atoms with Gasteiger partial charge in [-0.15, -0.1) is 13.2 Å². The number of amides is 3. The maximum absolute atomic E-state index is 14.8. The first-order valence-electron chi connectivity index (χ1n) is 17.0. The fraction of sp³-hybridized carbons (Fsp3) is 0.474. The highest BCUT2D eigenvalue weighted by molar-refractivity contribution is 9.09. The number of aryl methyl sites for hydroxylation is 1. The van der Waals surface area contributed by atoms with Crippen LogP contribution in [0.2, 0.25) is 5.02 Å². The number of carbonyl (C=O) groups excluding carboxylic acids is 4. The number of ether oxygens (including phenoxy) is 2. The predicted octanol–water partition coefficient (Wildman–Crippen LogP) is 5.40. The van der Waals surface area contributed by atoms with Crippen LogP contribution in [0.15, 0.2) is 73.8 Å². The molecule has 0 saturated carbocycles. The van der Waals surface area contributed by atoms with Crippen LogP contribution in [0.3, 0.4) is 0 Å². The molecule has 50 heavy (non-hydrogen) atoms. The molecule has 268 valence electrons. The minimum Gasteiger partial charge on any atom is -0.455 e. The Hall–Kier alpha value is -3.51. The number of rotatable bonds is 15. The van der Waals surface area contributed by atoms with Crippen LogP contribution in [0.5, 0.6) is 0 Å². The quantitative estimate of drug-likeness (QED) is 0.147. The Labute approximate surface area is 307 Å². The molecule has 3 saturated heterocycles. The van der Waals surface area contributed by atoms with Gasteiger partial charge < -0.3 is 29.3 Å². The number of anilines is 1. The second kappa shape index (κ2) is 15.8. The van der Waals surface area contributed by atoms with Crippen LogP contribution in [0.4, 0.5) is 5.69 Å². The van der Waals surface area contributed by atoms with E-state index in [-0.39, 0.29) is 43.3 Å². The van der Waals surface area contributed by atoms with Crippen molar-refractivity contribution in [2.75, 3.05) is 31.6 Å². The van der Waals surface area contributed by atoms with Crippen LogP contribution in [0, 0.1) is 18.8 Å². The minimum atomic E-state index is -1.36. The van der Waals surface area contributed by atoms with Crippen LogP contribution in [-0.4, -0.2) is 94.0 Å². The van der Waals surface area contributed by atoms with E-state index in [4.69, 9.17) is 21.1 Å². The number of benzene rings is 2. The molecule has 3 fully saturated rings. The summed E-state index contributed by atoms with van der Waals surface area (Å²) >= 11 is 10.4. The van der Waals surface area contributed by atoms with Gasteiger partial charge in [0.2, 0.25) is 11.8 Å². The van der Waals surface area contributed by atoms with Crippen LogP contribution in [0.1, 0.15) is 49.8 Å². The number of hydrogen-bond donors (Lipinski definition) is 1. The van der Waals surface area contributed by atoms with Gasteiger partial charge in [0.15, 0.2) is 0 Å². The Bertz CT molecular complexity index is 1600. The highest BCUT2D eigenvalue weighted by Crippen LogP contribution is 2.60. The van der Waals surface area contributed by atoms with Gasteiger partial charge >= 0.3 is 5.97 Å². The van der Waals surface area contributed by atoms with Gasteiger partial charge in [0.05, 0.1) is 34.7 Å². The van der Waals surface area contributed by atoms with Gasteiger partial charge in [-0.05, 0) is 50.3 Å². The van der Waals surface area contributed by atoms with Crippen molar-refractivity contribution in [3.05, 3.63) is 90.0 Å². The average molecular weight is 771 g/mol. The zero-order valence-electron chi connectivity index (χ0n) is 28.7. The molecule has 1 unspecified atom stereocenters. The molecular formula is C38H45BrClN3O7. The van der Waals surface area contributed by atoms with Crippen molar-refractivity contribution in [1.82, 2.24) is 9.80 Å². The maximum atomic E-state index is 14.8. The van der Waals surface area contributed by atoms with Crippen molar-refractivity contribution in [1.29, 1.82) is 0 Å². The number of halogens is 2. The monoisotopic (exact) mass is 769 g/mol. The number of esters is 1. The summed E-state index contributed by atoms with van der Waals surface area (Å²) in [6.45, 7) is 11.2. The fourth-order valence-corrected chi connectivity index (χ4v) is 9.08. The normalized spacial score (nSPS) is 26.2. The molecule has 3 aliphatic heterocycles. The molecular weight excluding hydrogens is 726 g/mol. The van der Waals surface area contributed by atoms with Crippen LogP contribution < -0.4 is 4.90 Å². The number of fused-ring (bicyclic) bond motifs is 1. The number of allylic oxidation sites excluding steroid dienone is 1. The lowest BCUT2D eigenvalue weighted by Gasteiger charge is -2.37. The Kier molecular flexibility index (Phi) is 11.9. The summed E-state index contributed by atoms with van der Waals surface area (Å²) in [5, 5.41) is 10.1. The summed E-state index contributed by atoms with van der Waals surface area (Å²) in [5.74, 6) is -3.65. The zero-order chi connectivity index (χ0) is 36.3. The van der Waals surface area contributed by atoms with Gasteiger partial charge in [0.25, 0.3) is 5.91 Å². The van der Waals surface area contributed by atoms with E-state index in [0.29, 0.717) is 29.1 Å². The molecule has 10 nitrogen and oxygen atoms in total. The number of hydrogen-bond acceptors (Lipinski definition) is 7. The van der Waals surface area contributed by atoms with Crippen molar-refractivity contribution in [2.45, 2.75) is 74.3 Å². The first-order valence-corrected chi connectivity index (χ1v) is 18.2. The second-order valence-corrected chi connectivity index (χ2v) is 14.8. The molecule has 1 spiro atoms. The van der Waals surface area contributed by atoms with E-state index in [1.165, 1.54) is 9.80 Å². The van der Waals surface area contributed by atoms with Crippen LogP contribution >= 0.6 is 27.5 Å². The third-order valence-electron chi connectivity index (χ3n) is 10.3. The lowest BCUT2D eigenvalue weighted by Crippen LogP contribution is -2.57. The SMILES string of the molecule is C=CCCC(=O)N(C)[C@H](C)[C@H](OC(=O)[C@H]1[C@@H]2O[C@@]3(CC2Br)[C@@H]1C(=O)N(CCCO)[C@@H]3C(=O)N(CC=C)c1c(C)cccc1Cl)c1ccccc1. The molecule has 0 radical (unpaired) electrons. The number of aliphatic hydroxyl groups is 1. The number of carbonyl (C=O) groups is 4. The van der Waals surface area contributed by atoms with E-state index in [2.05, 4.69) is 29.1 Å². The predicted molar refractivity (Wildman–Crippen MR) is 195 cm³/mol. The molecule has 0 aliphatic carbocycles. The Morgan fingerprint density at radius 3 is 2.54 bits per heavy atom. The standard InChI is InChI=1S/C38H45BrClN3O7/c1-6-8-18-28(45)41(5)24(4)32(25-15-10-9-11-16-25)49-37(48)29-30-35(46)43(20-13-21-44)34(38(30)22-26(39)33(29)50-38)36(47)42(19-7-2)31-23(3)14-12-17-27(31)40/h6-7,9-12,14-17,24,26,29-30,32-34,44H,1-2,8,13,18-22H2,3-5H3/t24-,26?,29-,30+,32+,33-,34-,38+/m1/s1. The van der Waals surface area contributed by atoms with Gasteiger partial charge in [-0.2, -0.15) is 0 Å². The third kappa shape index (κ3) is 6.77. The van der Waals surface area contributed by atoms with Crippen molar-refractivity contribution < 1.29 is 33.8 Å². The van der Waals surface area contributed by atoms with Crippen LogP contribution in [0.25, 0.3) is 0 Å². The van der Waals surface area contributed by atoms with E-state index in [1.807, 2.05) is 50.2 Å². The van der Waals surface area contributed by atoms with E-state index in [9.17, 15) is 24.3 Å². The van der Waals surface area contributed by atoms with Gasteiger partial charge in [-0.25, -0.2) is 0 Å². The van der Waals surface area contributed by atoms with E-state index < -0.39 is 59.5 Å². The van der Waals surface area contributed by atoms with E-state index in [0.717, 1.165) is 5.56 Å². The molecule has 8 atom stereocenters. The number of likely N-dealkylation sites (tertiary alicyclic amines) is 1. The average Bonchev–Trinajstić information content (AvgIpc) is 3.70. The summed E-state index contributed by atoms with van der Waals surface area (Å²) in [5.41, 5.74) is 0.597. The molecule has 2 aromatic rings. The van der Waals surface area contributed by atoms with Gasteiger partial charge in [-0.1, -0.05) is 82.1 Å². The molecule has 3 aliphatic rings. The summed E-state index contributed by atoms with van der Waals surface area (Å²) in [4.78, 5) is 61.0. The number of likely N-dealkylation sites (N-methyl/N-ethyl adjacent to an activating group) is 1. The lowest BCUT2D eigenvalue weighted by atomic mass is 9.70. The zero-order valence-corrected chi connectivity index (χ0v) is 31.0. The molecule has 0 aromatic heterocycles. The molecule has 3 heterocycles. The number of nitrogens with zero attached hydrogens (tertiary/aromatic N) is 3. The Morgan fingerprint density at radius 1 is 1.18 bits per heavy atom. The van der Waals surface area contributed by atoms with E-state index >= 15 is 0 Å². The second-order valence-electron chi connectivity index (χ2n) is 13.3. The minimum absolute atomic E-state index is 0.0808. The number of para-hydroxylation sites is 1. The highest BCUT2D eigenvalue weighted by Gasteiger charge is 2.77. The van der Waals surface area contributed by atoms with Gasteiger partial charge in [0, 0.05) is 38.0 Å². The lowest BCUT2D eigenvalue weighted by molar-refractivity contribution is -0.164. The van der Waals surface area contributed by atoms with Crippen molar-refractivity contribution >= 4 is 56.9 Å². The van der Waals surface area contributed by atoms with Crippen molar-refractivity contribution in [3.8, 4) is 0 Å². The van der Waals surface area contributed by atoms with Crippen molar-refractivity contribution in [3.63, 3.8) is 0 Å². The number of aliphatic hydroxyl groups excluding tert-OH is 1. The fourth-order valence-electron chi connectivity index (χ4n) is 7.82. The molecule has 2 bridgehead atoms. The smallest absolute Gasteiger partial charge is 0.313 e. The van der Waals surface area contributed by atoms with Gasteiger partial charge in [0.1, 0.15) is 17.7 Å². The number of alkyl halides is 1.